The number of hydrogen-bond acceptors (Lipinski definition) is 3. The molecule has 0 aliphatic rings. The van der Waals surface area contributed by atoms with Crippen LogP contribution in [0.25, 0.3) is 0 Å². The van der Waals surface area contributed by atoms with Crippen molar-refractivity contribution in [1.82, 2.24) is 0 Å². The van der Waals surface area contributed by atoms with E-state index in [0.29, 0.717) is 0 Å². The number of sulfonamides is 1. The molecule has 0 bridgehead atoms. The van der Waals surface area contributed by atoms with Crippen LogP contribution in [0.3, 0.4) is 0 Å². The smallest absolute Gasteiger partial charge is 0.267 e. The molecule has 0 radical (unpaired) electrons. The average molecular weight is 315 g/mol. The van der Waals surface area contributed by atoms with Crippen molar-refractivity contribution in [2.24, 2.45) is 0 Å². The van der Waals surface area contributed by atoms with Crippen molar-refractivity contribution in [3.05, 3.63) is 54.1 Å². The molecule has 0 aromatic heterocycles. The Kier molecular flexibility index (Phi) is 4.29. The highest BCUT2D eigenvalue weighted by atomic mass is 32.2. The van der Waals surface area contributed by atoms with E-state index >= 15 is 0 Å². The third kappa shape index (κ3) is 3.10. The lowest BCUT2D eigenvalue weighted by Gasteiger charge is -2.10. The Bertz CT molecular complexity index is 695. The minimum Gasteiger partial charge on any atom is -0.279 e. The van der Waals surface area contributed by atoms with Gasteiger partial charge in [0.1, 0.15) is 11.6 Å². The molecule has 0 amide bonds. The summed E-state index contributed by atoms with van der Waals surface area (Å²) in [5, 5.41) is 0. The molecule has 0 aliphatic heterocycles. The summed E-state index contributed by atoms with van der Waals surface area (Å²) >= 11 is 1.50. The molecule has 0 fully saturated rings. The van der Waals surface area contributed by atoms with Gasteiger partial charge in [-0.15, -0.1) is 11.8 Å². The first-order valence-corrected chi connectivity index (χ1v) is 8.26. The number of nitrogens with one attached hydrogen (secondary N) is 1. The van der Waals surface area contributed by atoms with Crippen LogP contribution in [-0.4, -0.2) is 14.7 Å². The molecule has 3 nitrogen and oxygen atoms in total. The quantitative estimate of drug-likeness (QED) is 0.879. The number of halogens is 2. The average Bonchev–Trinajstić information content (AvgIpc) is 2.38. The molecule has 0 saturated carbocycles. The zero-order valence-corrected chi connectivity index (χ0v) is 12.1. The van der Waals surface area contributed by atoms with Crippen LogP contribution in [0.1, 0.15) is 0 Å². The van der Waals surface area contributed by atoms with Gasteiger partial charge in [0.2, 0.25) is 0 Å². The first-order valence-electron chi connectivity index (χ1n) is 5.55. The van der Waals surface area contributed by atoms with E-state index in [-0.39, 0.29) is 5.69 Å². The fraction of sp³-hybridized carbons (Fsp3) is 0.0769. The minimum atomic E-state index is -4.30. The molecular weight excluding hydrogens is 304 g/mol. The lowest BCUT2D eigenvalue weighted by Crippen LogP contribution is -2.16. The van der Waals surface area contributed by atoms with Crippen LogP contribution in [0.4, 0.5) is 14.5 Å². The summed E-state index contributed by atoms with van der Waals surface area (Å²) in [7, 11) is -4.30. The van der Waals surface area contributed by atoms with Gasteiger partial charge in [0.05, 0.1) is 0 Å². The van der Waals surface area contributed by atoms with Gasteiger partial charge >= 0.3 is 0 Å². The first-order chi connectivity index (χ1) is 9.44. The van der Waals surface area contributed by atoms with E-state index < -0.39 is 26.6 Å². The summed E-state index contributed by atoms with van der Waals surface area (Å²) < 4.78 is 53.2. The maximum Gasteiger partial charge on any atom is 0.267 e. The summed E-state index contributed by atoms with van der Waals surface area (Å²) in [6.07, 6.45) is 1.88. The van der Waals surface area contributed by atoms with Gasteiger partial charge in [-0.25, -0.2) is 17.2 Å². The zero-order chi connectivity index (χ0) is 14.8. The first kappa shape index (κ1) is 14.8. The van der Waals surface area contributed by atoms with E-state index in [2.05, 4.69) is 4.72 Å². The zero-order valence-electron chi connectivity index (χ0n) is 10.4. The van der Waals surface area contributed by atoms with Crippen LogP contribution < -0.4 is 4.72 Å². The molecule has 1 N–H and O–H groups in total. The van der Waals surface area contributed by atoms with Crippen LogP contribution in [0.5, 0.6) is 0 Å². The molecule has 0 spiro atoms. The lowest BCUT2D eigenvalue weighted by molar-refractivity contribution is 0.521. The summed E-state index contributed by atoms with van der Waals surface area (Å²) in [6, 6.07) is 9.38. The van der Waals surface area contributed by atoms with Gasteiger partial charge in [0, 0.05) is 10.6 Å². The fourth-order valence-electron chi connectivity index (χ4n) is 1.60. The number of hydrogen-bond donors (Lipinski definition) is 1. The predicted molar refractivity (Wildman–Crippen MR) is 75.4 cm³/mol. The number of anilines is 1. The second kappa shape index (κ2) is 5.80. The second-order valence-corrected chi connectivity index (χ2v) is 6.38. The fourth-order valence-corrected chi connectivity index (χ4v) is 3.21. The Labute approximate surface area is 120 Å². The highest BCUT2D eigenvalue weighted by Gasteiger charge is 2.23. The Morgan fingerprint density at radius 3 is 2.05 bits per heavy atom. The Hall–Kier alpha value is -1.60. The Morgan fingerprint density at radius 2 is 1.55 bits per heavy atom. The van der Waals surface area contributed by atoms with Crippen molar-refractivity contribution in [1.29, 1.82) is 0 Å². The molecule has 106 valence electrons. The highest BCUT2D eigenvalue weighted by Crippen LogP contribution is 2.23. The maximum absolute atomic E-state index is 13.5. The van der Waals surface area contributed by atoms with E-state index in [1.165, 1.54) is 23.9 Å². The predicted octanol–water partition coefficient (Wildman–Crippen LogP) is 3.49. The molecular formula is C13H11F2NO2S2. The number of benzene rings is 2. The number of rotatable bonds is 4. The Morgan fingerprint density at radius 1 is 1.00 bits per heavy atom. The minimum absolute atomic E-state index is 0.241. The van der Waals surface area contributed by atoms with Gasteiger partial charge in [0.25, 0.3) is 10.0 Å². The molecule has 20 heavy (non-hydrogen) atoms. The normalized spacial score (nSPS) is 11.3. The molecule has 2 aromatic carbocycles. The largest absolute Gasteiger partial charge is 0.279 e. The van der Waals surface area contributed by atoms with E-state index in [0.717, 1.165) is 23.1 Å². The topological polar surface area (TPSA) is 46.2 Å². The monoisotopic (exact) mass is 315 g/mol. The molecule has 2 aromatic rings. The van der Waals surface area contributed by atoms with Crippen molar-refractivity contribution in [3.8, 4) is 0 Å². The summed E-state index contributed by atoms with van der Waals surface area (Å²) in [5.74, 6) is -2.25. The van der Waals surface area contributed by atoms with E-state index in [9.17, 15) is 17.2 Å². The number of thioether (sulfide) groups is 1. The molecule has 0 unspecified atom stereocenters. The van der Waals surface area contributed by atoms with Crippen LogP contribution in [0.2, 0.25) is 0 Å². The van der Waals surface area contributed by atoms with Gasteiger partial charge in [-0.1, -0.05) is 6.07 Å². The molecule has 0 saturated heterocycles. The van der Waals surface area contributed by atoms with Crippen LogP contribution in [0.15, 0.2) is 52.3 Å². The molecule has 7 heteroatoms. The summed E-state index contributed by atoms with van der Waals surface area (Å²) in [5.41, 5.74) is 0.241. The summed E-state index contributed by atoms with van der Waals surface area (Å²) in [4.78, 5) is -0.0287. The third-order valence-corrected chi connectivity index (χ3v) is 4.71. The van der Waals surface area contributed by atoms with Gasteiger partial charge in [-0.3, -0.25) is 4.72 Å². The van der Waals surface area contributed by atoms with Crippen molar-refractivity contribution < 1.29 is 17.2 Å². The maximum atomic E-state index is 13.5. The van der Waals surface area contributed by atoms with Crippen LogP contribution in [-0.2, 0) is 10.0 Å². The van der Waals surface area contributed by atoms with Gasteiger partial charge in [-0.05, 0) is 42.7 Å². The van der Waals surface area contributed by atoms with E-state index in [1.54, 1.807) is 12.1 Å². The van der Waals surface area contributed by atoms with Crippen molar-refractivity contribution >= 4 is 27.5 Å². The Balaban J connectivity index is 2.35. The van der Waals surface area contributed by atoms with Crippen molar-refractivity contribution in [2.45, 2.75) is 9.79 Å². The molecule has 2 rings (SSSR count). The SMILES string of the molecule is CSc1ccc(NS(=O)(=O)c2c(F)cccc2F)cc1. The standard InChI is InChI=1S/C13H11F2NO2S2/c1-19-10-7-5-9(6-8-10)16-20(17,18)13-11(14)3-2-4-12(13)15/h2-8,16H,1H3. The highest BCUT2D eigenvalue weighted by molar-refractivity contribution is 7.98. The van der Waals surface area contributed by atoms with Gasteiger partial charge in [0.15, 0.2) is 4.90 Å². The van der Waals surface area contributed by atoms with Crippen LogP contribution in [0, 0.1) is 11.6 Å². The summed E-state index contributed by atoms with van der Waals surface area (Å²) in [6.45, 7) is 0. The van der Waals surface area contributed by atoms with E-state index in [1.807, 2.05) is 6.26 Å². The molecule has 0 aliphatic carbocycles. The van der Waals surface area contributed by atoms with Gasteiger partial charge < -0.3 is 0 Å². The second-order valence-electron chi connectivity index (χ2n) is 3.88. The van der Waals surface area contributed by atoms with Crippen molar-refractivity contribution in [2.75, 3.05) is 11.0 Å². The molecule has 0 atom stereocenters. The third-order valence-electron chi connectivity index (χ3n) is 2.53. The van der Waals surface area contributed by atoms with Gasteiger partial charge in [-0.2, -0.15) is 0 Å². The lowest BCUT2D eigenvalue weighted by atomic mass is 10.3. The van der Waals surface area contributed by atoms with E-state index in [4.69, 9.17) is 0 Å². The van der Waals surface area contributed by atoms with Crippen LogP contribution >= 0.6 is 11.8 Å². The molecule has 0 heterocycles. The van der Waals surface area contributed by atoms with Crippen molar-refractivity contribution in [3.63, 3.8) is 0 Å².